The van der Waals surface area contributed by atoms with Crippen LogP contribution in [0.15, 0.2) is 43.1 Å². The molecule has 6 nitrogen and oxygen atoms in total. The van der Waals surface area contributed by atoms with Gasteiger partial charge in [-0.1, -0.05) is 0 Å². The van der Waals surface area contributed by atoms with Crippen molar-refractivity contribution in [1.29, 1.82) is 0 Å². The monoisotopic (exact) mass is 254 g/mol. The Kier molecular flexibility index (Phi) is 3.33. The number of aromatic nitrogens is 5. The second kappa shape index (κ2) is 5.45. The van der Waals surface area contributed by atoms with Gasteiger partial charge in [0.15, 0.2) is 0 Å². The van der Waals surface area contributed by atoms with E-state index in [1.54, 1.807) is 6.20 Å². The Hall–Kier alpha value is -2.47. The van der Waals surface area contributed by atoms with Crippen LogP contribution in [0.3, 0.4) is 0 Å². The predicted molar refractivity (Wildman–Crippen MR) is 71.0 cm³/mol. The van der Waals surface area contributed by atoms with E-state index in [0.29, 0.717) is 0 Å². The van der Waals surface area contributed by atoms with E-state index in [9.17, 15) is 0 Å². The van der Waals surface area contributed by atoms with Gasteiger partial charge in [-0.3, -0.25) is 15.2 Å². The van der Waals surface area contributed by atoms with E-state index in [1.807, 2.05) is 36.9 Å². The zero-order valence-corrected chi connectivity index (χ0v) is 10.3. The molecular weight excluding hydrogens is 240 g/mol. The molecule has 0 aliphatic rings. The number of hydrogen-bond acceptors (Lipinski definition) is 4. The van der Waals surface area contributed by atoms with Crippen LogP contribution in [0.5, 0.6) is 0 Å². The molecule has 3 aromatic heterocycles. The molecule has 3 N–H and O–H groups in total. The van der Waals surface area contributed by atoms with E-state index >= 15 is 0 Å². The Morgan fingerprint density at radius 1 is 1.11 bits per heavy atom. The van der Waals surface area contributed by atoms with Crippen molar-refractivity contribution in [2.45, 2.75) is 13.1 Å². The molecule has 3 heterocycles. The first kappa shape index (κ1) is 11.6. The highest BCUT2D eigenvalue weighted by molar-refractivity contribution is 5.61. The highest BCUT2D eigenvalue weighted by atomic mass is 15.1. The number of H-pyrrole nitrogens is 2. The summed E-state index contributed by atoms with van der Waals surface area (Å²) in [5.74, 6) is 0. The molecule has 0 aliphatic carbocycles. The minimum absolute atomic E-state index is 0.742. The van der Waals surface area contributed by atoms with Crippen LogP contribution in [0.4, 0.5) is 0 Å². The number of nitrogens with zero attached hydrogens (tertiary/aromatic N) is 3. The van der Waals surface area contributed by atoms with Crippen molar-refractivity contribution >= 4 is 0 Å². The third-order valence-corrected chi connectivity index (χ3v) is 2.87. The molecule has 0 bridgehead atoms. The average molecular weight is 254 g/mol. The van der Waals surface area contributed by atoms with E-state index in [4.69, 9.17) is 0 Å². The van der Waals surface area contributed by atoms with Gasteiger partial charge in [0.05, 0.1) is 18.1 Å². The fourth-order valence-electron chi connectivity index (χ4n) is 1.92. The average Bonchev–Trinajstić information content (AvgIpc) is 3.11. The molecule has 3 aromatic rings. The quantitative estimate of drug-likeness (QED) is 0.644. The van der Waals surface area contributed by atoms with Crippen molar-refractivity contribution in [3.05, 3.63) is 54.2 Å². The lowest BCUT2D eigenvalue weighted by Crippen LogP contribution is -2.12. The molecule has 6 heteroatoms. The van der Waals surface area contributed by atoms with E-state index in [2.05, 4.69) is 30.7 Å². The first-order valence-electron chi connectivity index (χ1n) is 6.04. The molecule has 19 heavy (non-hydrogen) atoms. The first-order chi connectivity index (χ1) is 9.43. The largest absolute Gasteiger partial charge is 0.308 e. The molecule has 0 aromatic carbocycles. The Bertz CT molecular complexity index is 614. The summed E-state index contributed by atoms with van der Waals surface area (Å²) in [5, 5.41) is 17.2. The normalized spacial score (nSPS) is 10.7. The first-order valence-corrected chi connectivity index (χ1v) is 6.04. The van der Waals surface area contributed by atoms with Gasteiger partial charge >= 0.3 is 0 Å². The number of hydrogen-bond donors (Lipinski definition) is 3. The summed E-state index contributed by atoms with van der Waals surface area (Å²) in [6, 6.07) is 3.93. The maximum atomic E-state index is 4.12. The minimum Gasteiger partial charge on any atom is -0.308 e. The maximum absolute atomic E-state index is 4.12. The fraction of sp³-hybridized carbons (Fsp3) is 0.154. The highest BCUT2D eigenvalue weighted by Gasteiger charge is 2.07. The zero-order chi connectivity index (χ0) is 12.9. The van der Waals surface area contributed by atoms with Crippen molar-refractivity contribution < 1.29 is 0 Å². The Morgan fingerprint density at radius 2 is 2.11 bits per heavy atom. The lowest BCUT2D eigenvalue weighted by molar-refractivity contribution is 0.695. The smallest absolute Gasteiger partial charge is 0.0710 e. The third-order valence-electron chi connectivity index (χ3n) is 2.87. The molecule has 0 atom stereocenters. The van der Waals surface area contributed by atoms with Gasteiger partial charge in [-0.05, 0) is 12.1 Å². The van der Waals surface area contributed by atoms with E-state index < -0.39 is 0 Å². The van der Waals surface area contributed by atoms with Crippen LogP contribution in [-0.4, -0.2) is 25.4 Å². The topological polar surface area (TPSA) is 82.3 Å². The zero-order valence-electron chi connectivity index (χ0n) is 10.3. The van der Waals surface area contributed by atoms with Gasteiger partial charge in [0, 0.05) is 48.4 Å². The van der Waals surface area contributed by atoms with E-state index in [1.165, 1.54) is 0 Å². The summed E-state index contributed by atoms with van der Waals surface area (Å²) in [5.41, 5.74) is 4.30. The Labute approximate surface area is 110 Å². The van der Waals surface area contributed by atoms with Gasteiger partial charge in [-0.15, -0.1) is 0 Å². The number of nitrogens with one attached hydrogen (secondary N) is 3. The standard InChI is InChI=1S/C13H14N6/c1-2-11(7-14-3-1)13-12(9-18-19-13)8-15-4-10-5-16-17-6-10/h1-3,5-7,9,15H,4,8H2,(H,16,17)(H,18,19). The van der Waals surface area contributed by atoms with Gasteiger partial charge in [-0.2, -0.15) is 10.2 Å². The fourth-order valence-corrected chi connectivity index (χ4v) is 1.92. The molecule has 0 saturated carbocycles. The van der Waals surface area contributed by atoms with Gasteiger partial charge in [0.2, 0.25) is 0 Å². The van der Waals surface area contributed by atoms with Gasteiger partial charge in [0.25, 0.3) is 0 Å². The van der Waals surface area contributed by atoms with Gasteiger partial charge < -0.3 is 5.32 Å². The molecule has 0 aliphatic heterocycles. The number of aromatic amines is 2. The Morgan fingerprint density at radius 3 is 2.89 bits per heavy atom. The summed E-state index contributed by atoms with van der Waals surface area (Å²) in [4.78, 5) is 4.12. The van der Waals surface area contributed by atoms with Crippen LogP contribution in [0.1, 0.15) is 11.1 Å². The molecule has 0 unspecified atom stereocenters. The molecule has 0 saturated heterocycles. The maximum Gasteiger partial charge on any atom is 0.0710 e. The SMILES string of the molecule is c1cncc(-c2[nH]ncc2CNCc2cn[nH]c2)c1. The van der Waals surface area contributed by atoms with Crippen LogP contribution >= 0.6 is 0 Å². The molecule has 96 valence electrons. The van der Waals surface area contributed by atoms with Crippen molar-refractivity contribution in [2.24, 2.45) is 0 Å². The molecule has 0 radical (unpaired) electrons. The Balaban J connectivity index is 1.67. The van der Waals surface area contributed by atoms with Crippen molar-refractivity contribution in [2.75, 3.05) is 0 Å². The summed E-state index contributed by atoms with van der Waals surface area (Å²) in [6.45, 7) is 1.51. The van der Waals surface area contributed by atoms with Crippen LogP contribution in [-0.2, 0) is 13.1 Å². The second-order valence-electron chi connectivity index (χ2n) is 4.22. The molecular formula is C13H14N6. The van der Waals surface area contributed by atoms with Crippen LogP contribution in [0.25, 0.3) is 11.3 Å². The van der Waals surface area contributed by atoms with Crippen molar-refractivity contribution in [1.82, 2.24) is 30.7 Å². The minimum atomic E-state index is 0.742. The van der Waals surface area contributed by atoms with E-state index in [0.717, 1.165) is 35.5 Å². The number of pyridine rings is 1. The van der Waals surface area contributed by atoms with Crippen molar-refractivity contribution in [3.63, 3.8) is 0 Å². The molecule has 0 fully saturated rings. The molecule has 3 rings (SSSR count). The van der Waals surface area contributed by atoms with Crippen LogP contribution in [0.2, 0.25) is 0 Å². The lowest BCUT2D eigenvalue weighted by Gasteiger charge is -2.04. The summed E-state index contributed by atoms with van der Waals surface area (Å²) >= 11 is 0. The molecule has 0 spiro atoms. The van der Waals surface area contributed by atoms with Crippen molar-refractivity contribution in [3.8, 4) is 11.3 Å². The van der Waals surface area contributed by atoms with E-state index in [-0.39, 0.29) is 0 Å². The predicted octanol–water partition coefficient (Wildman–Crippen LogP) is 1.48. The van der Waals surface area contributed by atoms with Gasteiger partial charge in [0.1, 0.15) is 0 Å². The summed E-state index contributed by atoms with van der Waals surface area (Å²) < 4.78 is 0. The lowest BCUT2D eigenvalue weighted by atomic mass is 10.1. The van der Waals surface area contributed by atoms with Crippen LogP contribution < -0.4 is 5.32 Å². The second-order valence-corrected chi connectivity index (χ2v) is 4.22. The summed E-state index contributed by atoms with van der Waals surface area (Å²) in [6.07, 6.45) is 9.11. The molecule has 0 amide bonds. The number of rotatable bonds is 5. The summed E-state index contributed by atoms with van der Waals surface area (Å²) in [7, 11) is 0. The third kappa shape index (κ3) is 2.69. The van der Waals surface area contributed by atoms with Gasteiger partial charge in [-0.25, -0.2) is 0 Å². The highest BCUT2D eigenvalue weighted by Crippen LogP contribution is 2.19. The van der Waals surface area contributed by atoms with Crippen LogP contribution in [0, 0.1) is 0 Å².